The van der Waals surface area contributed by atoms with Crippen molar-refractivity contribution in [2.75, 3.05) is 12.0 Å². The number of rotatable bonds is 6. The van der Waals surface area contributed by atoms with E-state index in [0.29, 0.717) is 21.9 Å². The summed E-state index contributed by atoms with van der Waals surface area (Å²) in [6.45, 7) is 2.46. The fourth-order valence-electron chi connectivity index (χ4n) is 1.36. The zero-order chi connectivity index (χ0) is 15.2. The average Bonchev–Trinajstić information content (AvgIpc) is 2.48. The Labute approximate surface area is 135 Å². The van der Waals surface area contributed by atoms with E-state index in [1.165, 1.54) is 0 Å². The summed E-state index contributed by atoms with van der Waals surface area (Å²) >= 11 is 9.23. The molecule has 3 N–H and O–H groups in total. The van der Waals surface area contributed by atoms with Crippen LogP contribution < -0.4 is 20.7 Å². The summed E-state index contributed by atoms with van der Waals surface area (Å²) in [7, 11) is 0. The Morgan fingerprint density at radius 1 is 1.29 bits per heavy atom. The fourth-order valence-corrected chi connectivity index (χ4v) is 2.13. The molecule has 2 aromatic rings. The number of nitrogens with two attached hydrogens (primary N) is 1. The van der Waals surface area contributed by atoms with Gasteiger partial charge in [0.1, 0.15) is 5.75 Å². The lowest BCUT2D eigenvalue weighted by molar-refractivity contribution is 0.285. The van der Waals surface area contributed by atoms with E-state index < -0.39 is 0 Å². The second kappa shape index (κ2) is 7.39. The summed E-state index contributed by atoms with van der Waals surface area (Å²) in [6.07, 6.45) is 0.829. The fraction of sp³-hybridized carbons (Fsp3) is 0.250. The molecule has 7 nitrogen and oxygen atoms in total. The molecule has 0 aliphatic rings. The molecule has 0 atom stereocenters. The topological polar surface area (TPSA) is 95.2 Å². The summed E-state index contributed by atoms with van der Waals surface area (Å²) in [4.78, 5) is 12.0. The van der Waals surface area contributed by atoms with Crippen LogP contribution in [0, 0.1) is 0 Å². The first-order chi connectivity index (χ1) is 10.1. The number of benzene rings is 1. The number of nitrogens with one attached hydrogen (secondary N) is 1. The number of nitrogens with zero attached hydrogens (tertiary/aromatic N) is 3. The zero-order valence-corrected chi connectivity index (χ0v) is 13.5. The van der Waals surface area contributed by atoms with Crippen LogP contribution in [0.4, 0.5) is 5.95 Å². The van der Waals surface area contributed by atoms with E-state index in [0.717, 1.165) is 6.42 Å². The van der Waals surface area contributed by atoms with Crippen LogP contribution in [-0.4, -0.2) is 21.6 Å². The quantitative estimate of drug-likeness (QED) is 0.592. The van der Waals surface area contributed by atoms with E-state index in [1.807, 2.05) is 6.92 Å². The molecule has 21 heavy (non-hydrogen) atoms. The number of hydrazine groups is 1. The Hall–Kier alpha value is -1.64. The van der Waals surface area contributed by atoms with E-state index in [4.69, 9.17) is 26.9 Å². The highest BCUT2D eigenvalue weighted by Gasteiger charge is 2.11. The normalized spacial score (nSPS) is 10.3. The van der Waals surface area contributed by atoms with Crippen molar-refractivity contribution < 1.29 is 9.47 Å². The highest BCUT2D eigenvalue weighted by Crippen LogP contribution is 2.31. The third-order valence-corrected chi connectivity index (χ3v) is 3.11. The summed E-state index contributed by atoms with van der Waals surface area (Å²) in [5.41, 5.74) is 2.34. The molecule has 1 aromatic carbocycles. The number of aromatic nitrogens is 3. The molecule has 0 unspecified atom stereocenters. The van der Waals surface area contributed by atoms with Gasteiger partial charge >= 0.3 is 12.0 Å². The van der Waals surface area contributed by atoms with Crippen LogP contribution in [0.1, 0.15) is 13.3 Å². The summed E-state index contributed by atoms with van der Waals surface area (Å²) in [5, 5.41) is 0.584. The third kappa shape index (κ3) is 4.42. The highest BCUT2D eigenvalue weighted by atomic mass is 79.9. The Balaban J connectivity index is 2.25. The van der Waals surface area contributed by atoms with Gasteiger partial charge < -0.3 is 9.47 Å². The molecule has 0 bridgehead atoms. The van der Waals surface area contributed by atoms with Gasteiger partial charge in [0.05, 0.1) is 11.1 Å². The van der Waals surface area contributed by atoms with E-state index in [2.05, 4.69) is 36.3 Å². The summed E-state index contributed by atoms with van der Waals surface area (Å²) in [5.74, 6) is 5.98. The molecule has 0 saturated heterocycles. The first kappa shape index (κ1) is 15.7. The molecule has 0 amide bonds. The lowest BCUT2D eigenvalue weighted by atomic mass is 10.3. The van der Waals surface area contributed by atoms with Crippen LogP contribution in [-0.2, 0) is 0 Å². The smallest absolute Gasteiger partial charge is 0.330 e. The molecule has 1 aromatic heterocycles. The van der Waals surface area contributed by atoms with Gasteiger partial charge in [-0.2, -0.15) is 9.97 Å². The number of halogens is 2. The second-order valence-corrected chi connectivity index (χ2v) is 5.18. The van der Waals surface area contributed by atoms with Crippen LogP contribution in [0.3, 0.4) is 0 Å². The van der Waals surface area contributed by atoms with Crippen molar-refractivity contribution in [3.05, 3.63) is 27.7 Å². The Kier molecular flexibility index (Phi) is 5.54. The van der Waals surface area contributed by atoms with Crippen LogP contribution in [0.25, 0.3) is 0 Å². The molecule has 0 spiro atoms. The van der Waals surface area contributed by atoms with Gasteiger partial charge in [0.15, 0.2) is 0 Å². The predicted octanol–water partition coefficient (Wildman–Crippen LogP) is 3.15. The molecular weight excluding hydrogens is 362 g/mol. The lowest BCUT2D eigenvalue weighted by Crippen LogP contribution is -2.13. The minimum absolute atomic E-state index is 0.0621. The standard InChI is InChI=1S/C12H13BrClN5O2/c1-2-5-20-11-16-10(19-15)17-12(18-11)21-9-4-3-7(14)6-8(9)13/h3-4,6H,2,5,15H2,1H3,(H,16,17,18,19). The summed E-state index contributed by atoms with van der Waals surface area (Å²) in [6, 6.07) is 5.29. The van der Waals surface area contributed by atoms with Gasteiger partial charge in [-0.05, 0) is 40.5 Å². The van der Waals surface area contributed by atoms with Crippen LogP contribution in [0.2, 0.25) is 5.02 Å². The minimum atomic E-state index is 0.0621. The van der Waals surface area contributed by atoms with Gasteiger partial charge in [0.2, 0.25) is 5.95 Å². The van der Waals surface area contributed by atoms with Crippen molar-refractivity contribution >= 4 is 33.5 Å². The predicted molar refractivity (Wildman–Crippen MR) is 82.6 cm³/mol. The Morgan fingerprint density at radius 2 is 2.05 bits per heavy atom. The zero-order valence-electron chi connectivity index (χ0n) is 11.1. The first-order valence-corrected chi connectivity index (χ1v) is 7.28. The molecule has 0 aliphatic heterocycles. The number of hydrogen-bond donors (Lipinski definition) is 2. The van der Waals surface area contributed by atoms with Gasteiger partial charge in [0, 0.05) is 5.02 Å². The average molecular weight is 375 g/mol. The van der Waals surface area contributed by atoms with Gasteiger partial charge in [-0.25, -0.2) is 5.84 Å². The van der Waals surface area contributed by atoms with Crippen molar-refractivity contribution in [1.29, 1.82) is 0 Å². The van der Waals surface area contributed by atoms with E-state index in [1.54, 1.807) is 18.2 Å². The summed E-state index contributed by atoms with van der Waals surface area (Å²) < 4.78 is 11.6. The highest BCUT2D eigenvalue weighted by molar-refractivity contribution is 9.10. The van der Waals surface area contributed by atoms with Crippen LogP contribution >= 0.6 is 27.5 Å². The molecule has 9 heteroatoms. The van der Waals surface area contributed by atoms with E-state index in [-0.39, 0.29) is 18.0 Å². The van der Waals surface area contributed by atoms with Gasteiger partial charge in [-0.15, -0.1) is 4.98 Å². The molecular formula is C12H13BrClN5O2. The van der Waals surface area contributed by atoms with Crippen molar-refractivity contribution in [2.24, 2.45) is 5.84 Å². The van der Waals surface area contributed by atoms with Crippen molar-refractivity contribution in [2.45, 2.75) is 13.3 Å². The largest absolute Gasteiger partial charge is 0.463 e. The lowest BCUT2D eigenvalue weighted by Gasteiger charge is -2.09. The first-order valence-electron chi connectivity index (χ1n) is 6.10. The second-order valence-electron chi connectivity index (χ2n) is 3.89. The molecule has 0 fully saturated rings. The number of ether oxygens (including phenoxy) is 2. The number of hydrogen-bond acceptors (Lipinski definition) is 7. The van der Waals surface area contributed by atoms with Crippen molar-refractivity contribution in [1.82, 2.24) is 15.0 Å². The van der Waals surface area contributed by atoms with Crippen molar-refractivity contribution in [3.63, 3.8) is 0 Å². The molecule has 2 rings (SSSR count). The maximum Gasteiger partial charge on any atom is 0.330 e. The van der Waals surface area contributed by atoms with Gasteiger partial charge in [-0.1, -0.05) is 18.5 Å². The Morgan fingerprint density at radius 3 is 2.71 bits per heavy atom. The number of anilines is 1. The molecule has 112 valence electrons. The van der Waals surface area contributed by atoms with Crippen LogP contribution in [0.5, 0.6) is 17.8 Å². The SMILES string of the molecule is CCCOc1nc(NN)nc(Oc2ccc(Cl)cc2Br)n1. The molecule has 0 radical (unpaired) electrons. The minimum Gasteiger partial charge on any atom is -0.463 e. The monoisotopic (exact) mass is 373 g/mol. The maximum atomic E-state index is 5.88. The third-order valence-electron chi connectivity index (χ3n) is 2.25. The van der Waals surface area contributed by atoms with Gasteiger partial charge in [0.25, 0.3) is 0 Å². The van der Waals surface area contributed by atoms with E-state index in [9.17, 15) is 0 Å². The number of nitrogen functional groups attached to an aromatic ring is 1. The van der Waals surface area contributed by atoms with E-state index >= 15 is 0 Å². The Bertz CT molecular complexity index is 629. The molecule has 0 saturated carbocycles. The molecule has 0 aliphatic carbocycles. The van der Waals surface area contributed by atoms with Crippen LogP contribution in [0.15, 0.2) is 22.7 Å². The maximum absolute atomic E-state index is 5.88. The van der Waals surface area contributed by atoms with Gasteiger partial charge in [-0.3, -0.25) is 5.43 Å². The van der Waals surface area contributed by atoms with Crippen molar-refractivity contribution in [3.8, 4) is 17.8 Å². The molecule has 1 heterocycles.